The van der Waals surface area contributed by atoms with E-state index >= 15 is 0 Å². The van der Waals surface area contributed by atoms with Gasteiger partial charge in [0.1, 0.15) is 5.41 Å². The first-order valence-electron chi connectivity index (χ1n) is 4.92. The number of rotatable bonds is 5. The second kappa shape index (κ2) is 4.78. The Kier molecular flexibility index (Phi) is 3.65. The molecule has 0 spiro atoms. The Hall–Kier alpha value is -1.85. The third kappa shape index (κ3) is 2.82. The van der Waals surface area contributed by atoms with Crippen molar-refractivity contribution in [2.45, 2.75) is 20.4 Å². The van der Waals surface area contributed by atoms with Crippen LogP contribution in [-0.4, -0.2) is 33.1 Å². The van der Waals surface area contributed by atoms with Crippen LogP contribution in [0.25, 0.3) is 0 Å². The van der Waals surface area contributed by atoms with E-state index < -0.39 is 17.3 Å². The van der Waals surface area contributed by atoms with Gasteiger partial charge in [-0.25, -0.2) is 4.98 Å². The van der Waals surface area contributed by atoms with Crippen LogP contribution in [-0.2, 0) is 16.1 Å². The summed E-state index contributed by atoms with van der Waals surface area (Å²) < 4.78 is 1.80. The lowest BCUT2D eigenvalue weighted by atomic mass is 9.93. The first kappa shape index (κ1) is 12.2. The number of carboxylic acids is 1. The summed E-state index contributed by atoms with van der Waals surface area (Å²) in [7, 11) is 0. The normalized spacial score (nSPS) is 11.1. The van der Waals surface area contributed by atoms with E-state index in [-0.39, 0.29) is 0 Å². The van der Waals surface area contributed by atoms with Crippen LogP contribution in [0.4, 0.5) is 0 Å². The Labute approximate surface area is 93.3 Å². The van der Waals surface area contributed by atoms with Crippen LogP contribution >= 0.6 is 0 Å². The van der Waals surface area contributed by atoms with Crippen LogP contribution in [0, 0.1) is 5.41 Å². The summed E-state index contributed by atoms with van der Waals surface area (Å²) >= 11 is 0. The fourth-order valence-corrected chi connectivity index (χ4v) is 1.04. The molecular weight excluding hydrogens is 210 g/mol. The molecule has 2 N–H and O–H groups in total. The van der Waals surface area contributed by atoms with E-state index in [1.54, 1.807) is 23.3 Å². The molecule has 1 amide bonds. The van der Waals surface area contributed by atoms with E-state index in [1.807, 2.05) is 0 Å². The van der Waals surface area contributed by atoms with Crippen molar-refractivity contribution >= 4 is 11.9 Å². The summed E-state index contributed by atoms with van der Waals surface area (Å²) in [6.07, 6.45) is 5.05. The molecule has 0 atom stereocenters. The molecule has 1 aromatic rings. The van der Waals surface area contributed by atoms with Crippen molar-refractivity contribution in [3.63, 3.8) is 0 Å². The molecule has 6 nitrogen and oxygen atoms in total. The number of aromatic nitrogens is 2. The highest BCUT2D eigenvalue weighted by Crippen LogP contribution is 2.14. The van der Waals surface area contributed by atoms with Gasteiger partial charge in [-0.05, 0) is 13.8 Å². The number of nitrogens with zero attached hydrogens (tertiary/aromatic N) is 2. The molecule has 0 aliphatic carbocycles. The van der Waals surface area contributed by atoms with Crippen LogP contribution < -0.4 is 5.32 Å². The number of imidazole rings is 1. The average Bonchev–Trinajstić information content (AvgIpc) is 2.70. The van der Waals surface area contributed by atoms with Gasteiger partial charge in [0.2, 0.25) is 5.91 Å². The van der Waals surface area contributed by atoms with Crippen molar-refractivity contribution in [3.05, 3.63) is 18.7 Å². The zero-order valence-electron chi connectivity index (χ0n) is 9.30. The molecule has 0 bridgehead atoms. The fraction of sp³-hybridized carbons (Fsp3) is 0.500. The zero-order valence-corrected chi connectivity index (χ0v) is 9.30. The lowest BCUT2D eigenvalue weighted by Crippen LogP contribution is -2.43. The monoisotopic (exact) mass is 225 g/mol. The highest BCUT2D eigenvalue weighted by Gasteiger charge is 2.35. The molecule has 0 saturated carbocycles. The fourth-order valence-electron chi connectivity index (χ4n) is 1.04. The molecule has 0 fully saturated rings. The minimum absolute atomic E-state index is 0.381. The highest BCUT2D eigenvalue weighted by molar-refractivity contribution is 6.00. The second-order valence-electron chi connectivity index (χ2n) is 3.99. The van der Waals surface area contributed by atoms with Gasteiger partial charge < -0.3 is 15.0 Å². The van der Waals surface area contributed by atoms with Gasteiger partial charge in [0.05, 0.1) is 6.33 Å². The smallest absolute Gasteiger partial charge is 0.318 e. The lowest BCUT2D eigenvalue weighted by molar-refractivity contribution is -0.153. The van der Waals surface area contributed by atoms with Gasteiger partial charge in [0.15, 0.2) is 0 Å². The Morgan fingerprint density at radius 3 is 2.69 bits per heavy atom. The summed E-state index contributed by atoms with van der Waals surface area (Å²) in [5, 5.41) is 11.4. The molecule has 0 saturated heterocycles. The molecule has 0 aliphatic rings. The summed E-state index contributed by atoms with van der Waals surface area (Å²) in [4.78, 5) is 26.1. The Morgan fingerprint density at radius 2 is 2.19 bits per heavy atom. The number of carboxylic acid groups (broad SMARTS) is 1. The molecule has 1 heterocycles. The number of hydrogen-bond acceptors (Lipinski definition) is 3. The maximum absolute atomic E-state index is 11.5. The predicted molar refractivity (Wildman–Crippen MR) is 56.7 cm³/mol. The van der Waals surface area contributed by atoms with E-state index in [4.69, 9.17) is 5.11 Å². The van der Waals surface area contributed by atoms with E-state index in [0.717, 1.165) is 0 Å². The van der Waals surface area contributed by atoms with Crippen molar-refractivity contribution in [1.82, 2.24) is 14.9 Å². The Balaban J connectivity index is 2.39. The summed E-state index contributed by atoms with van der Waals surface area (Å²) in [5.74, 6) is -1.62. The van der Waals surface area contributed by atoms with Gasteiger partial charge in [-0.2, -0.15) is 0 Å². The third-order valence-corrected chi connectivity index (χ3v) is 2.32. The zero-order chi connectivity index (χ0) is 12.2. The van der Waals surface area contributed by atoms with Gasteiger partial charge >= 0.3 is 5.97 Å². The molecule has 1 rings (SSSR count). The van der Waals surface area contributed by atoms with Crippen LogP contribution in [0.5, 0.6) is 0 Å². The molecule has 0 aromatic carbocycles. The van der Waals surface area contributed by atoms with Gasteiger partial charge in [-0.15, -0.1) is 0 Å². The lowest BCUT2D eigenvalue weighted by Gasteiger charge is -2.18. The minimum atomic E-state index is -1.39. The molecule has 88 valence electrons. The molecule has 0 unspecified atom stereocenters. The second-order valence-corrected chi connectivity index (χ2v) is 3.99. The van der Waals surface area contributed by atoms with Crippen LogP contribution in [0.15, 0.2) is 18.7 Å². The summed E-state index contributed by atoms with van der Waals surface area (Å²) in [5.41, 5.74) is -1.39. The van der Waals surface area contributed by atoms with Crippen molar-refractivity contribution in [2.75, 3.05) is 6.54 Å². The quantitative estimate of drug-likeness (QED) is 0.696. The van der Waals surface area contributed by atoms with E-state index in [9.17, 15) is 9.59 Å². The summed E-state index contributed by atoms with van der Waals surface area (Å²) in [6.45, 7) is 3.71. The van der Waals surface area contributed by atoms with E-state index in [1.165, 1.54) is 13.8 Å². The van der Waals surface area contributed by atoms with Crippen LogP contribution in [0.1, 0.15) is 13.8 Å². The standard InChI is InChI=1S/C10H15N3O3/c1-10(2,9(15)16)8(14)12-4-6-13-5-3-11-7-13/h3,5,7H,4,6H2,1-2H3,(H,12,14)(H,15,16). The Bertz CT molecular complexity index is 371. The van der Waals surface area contributed by atoms with E-state index in [0.29, 0.717) is 13.1 Å². The molecule has 1 aromatic heterocycles. The van der Waals surface area contributed by atoms with Crippen molar-refractivity contribution in [2.24, 2.45) is 5.41 Å². The maximum atomic E-state index is 11.5. The molecule has 6 heteroatoms. The number of nitrogens with one attached hydrogen (secondary N) is 1. The third-order valence-electron chi connectivity index (χ3n) is 2.32. The van der Waals surface area contributed by atoms with Gasteiger partial charge in [-0.3, -0.25) is 9.59 Å². The first-order valence-corrected chi connectivity index (χ1v) is 4.92. The van der Waals surface area contributed by atoms with Crippen molar-refractivity contribution in [3.8, 4) is 0 Å². The SMILES string of the molecule is CC(C)(C(=O)O)C(=O)NCCn1ccnc1. The number of carbonyl (C=O) groups excluding carboxylic acids is 1. The maximum Gasteiger partial charge on any atom is 0.318 e. The van der Waals surface area contributed by atoms with Gasteiger partial charge in [0.25, 0.3) is 0 Å². The highest BCUT2D eigenvalue weighted by atomic mass is 16.4. The number of carbonyl (C=O) groups is 2. The molecule has 0 radical (unpaired) electrons. The number of aliphatic carboxylic acids is 1. The predicted octanol–water partition coefficient (Wildman–Crippen LogP) is 0.110. The Morgan fingerprint density at radius 1 is 1.50 bits per heavy atom. The largest absolute Gasteiger partial charge is 0.480 e. The average molecular weight is 225 g/mol. The van der Waals surface area contributed by atoms with Crippen LogP contribution in [0.2, 0.25) is 0 Å². The van der Waals surface area contributed by atoms with Crippen LogP contribution in [0.3, 0.4) is 0 Å². The number of hydrogen-bond donors (Lipinski definition) is 2. The van der Waals surface area contributed by atoms with Crippen molar-refractivity contribution in [1.29, 1.82) is 0 Å². The number of amides is 1. The van der Waals surface area contributed by atoms with Crippen molar-refractivity contribution < 1.29 is 14.7 Å². The van der Waals surface area contributed by atoms with E-state index in [2.05, 4.69) is 10.3 Å². The van der Waals surface area contributed by atoms with Gasteiger partial charge in [0, 0.05) is 25.5 Å². The topological polar surface area (TPSA) is 84.2 Å². The minimum Gasteiger partial charge on any atom is -0.480 e. The molecular formula is C10H15N3O3. The summed E-state index contributed by atoms with van der Waals surface area (Å²) in [6, 6.07) is 0. The first-order chi connectivity index (χ1) is 7.44. The van der Waals surface area contributed by atoms with Gasteiger partial charge in [-0.1, -0.05) is 0 Å². The molecule has 0 aliphatic heterocycles. The molecule has 16 heavy (non-hydrogen) atoms.